The van der Waals surface area contributed by atoms with E-state index in [-0.39, 0.29) is 30.7 Å². The van der Waals surface area contributed by atoms with Gasteiger partial charge in [0.05, 0.1) is 11.1 Å². The summed E-state index contributed by atoms with van der Waals surface area (Å²) in [6, 6.07) is 13.2. The minimum absolute atomic E-state index is 0.0914. The Balaban J connectivity index is 1.58. The second-order valence-electron chi connectivity index (χ2n) is 7.37. The topological polar surface area (TPSA) is 60.9 Å². The second-order valence-corrected chi connectivity index (χ2v) is 7.37. The van der Waals surface area contributed by atoms with Gasteiger partial charge in [0.15, 0.2) is 0 Å². The van der Waals surface area contributed by atoms with Gasteiger partial charge in [-0.15, -0.1) is 0 Å². The summed E-state index contributed by atoms with van der Waals surface area (Å²) in [5.74, 6) is -0.752. The van der Waals surface area contributed by atoms with Gasteiger partial charge in [-0.25, -0.2) is 0 Å². The number of amides is 3. The summed E-state index contributed by atoms with van der Waals surface area (Å²) in [7, 11) is 5.68. The number of anilines is 1. The number of hydrogen-bond acceptors (Lipinski definition) is 4. The molecule has 0 unspecified atom stereocenters. The van der Waals surface area contributed by atoms with E-state index in [1.807, 2.05) is 56.3 Å². The molecule has 3 amide bonds. The summed E-state index contributed by atoms with van der Waals surface area (Å²) in [6.45, 7) is 2.45. The van der Waals surface area contributed by atoms with Crippen molar-refractivity contribution in [2.45, 2.75) is 19.9 Å². The molecule has 1 aliphatic heterocycles. The predicted molar refractivity (Wildman–Crippen MR) is 108 cm³/mol. The van der Waals surface area contributed by atoms with Gasteiger partial charge < -0.3 is 9.80 Å². The first-order chi connectivity index (χ1) is 13.3. The van der Waals surface area contributed by atoms with Gasteiger partial charge in [0.1, 0.15) is 0 Å². The van der Waals surface area contributed by atoms with Gasteiger partial charge in [-0.05, 0) is 36.8 Å². The summed E-state index contributed by atoms with van der Waals surface area (Å²) in [4.78, 5) is 42.2. The fourth-order valence-corrected chi connectivity index (χ4v) is 3.27. The van der Waals surface area contributed by atoms with Gasteiger partial charge >= 0.3 is 0 Å². The highest BCUT2D eigenvalue weighted by Gasteiger charge is 2.35. The van der Waals surface area contributed by atoms with Crippen LogP contribution in [-0.4, -0.2) is 55.2 Å². The first-order valence-electron chi connectivity index (χ1n) is 9.25. The van der Waals surface area contributed by atoms with Crippen LogP contribution in [0.15, 0.2) is 42.5 Å². The molecular weight excluding hydrogens is 354 g/mol. The molecule has 0 radical (unpaired) electrons. The first kappa shape index (κ1) is 19.6. The molecule has 0 aliphatic carbocycles. The summed E-state index contributed by atoms with van der Waals surface area (Å²) in [6.07, 6.45) is 0.108. The van der Waals surface area contributed by atoms with Crippen LogP contribution in [0.2, 0.25) is 0 Å². The first-order valence-corrected chi connectivity index (χ1v) is 9.25. The quantitative estimate of drug-likeness (QED) is 0.724. The summed E-state index contributed by atoms with van der Waals surface area (Å²) >= 11 is 0. The second kappa shape index (κ2) is 7.84. The zero-order valence-electron chi connectivity index (χ0n) is 16.7. The highest BCUT2D eigenvalue weighted by Crippen LogP contribution is 2.24. The minimum Gasteiger partial charge on any atom is -0.378 e. The lowest BCUT2D eigenvalue weighted by Gasteiger charge is -2.20. The number of benzene rings is 2. The molecule has 3 rings (SSSR count). The van der Waals surface area contributed by atoms with E-state index in [0.29, 0.717) is 17.7 Å². The molecule has 0 atom stereocenters. The molecule has 6 heteroatoms. The fraction of sp³-hybridized carbons (Fsp3) is 0.318. The van der Waals surface area contributed by atoms with Crippen LogP contribution >= 0.6 is 0 Å². The highest BCUT2D eigenvalue weighted by molar-refractivity contribution is 6.21. The van der Waals surface area contributed by atoms with Crippen LogP contribution in [0.1, 0.15) is 38.3 Å². The van der Waals surface area contributed by atoms with Crippen molar-refractivity contribution in [3.05, 3.63) is 64.7 Å². The molecule has 146 valence electrons. The molecule has 0 bridgehead atoms. The molecule has 0 spiro atoms. The Hall–Kier alpha value is -3.15. The van der Waals surface area contributed by atoms with Crippen LogP contribution in [0.5, 0.6) is 0 Å². The summed E-state index contributed by atoms with van der Waals surface area (Å²) < 4.78 is 0. The maximum atomic E-state index is 12.5. The van der Waals surface area contributed by atoms with Crippen LogP contribution in [0, 0.1) is 6.92 Å². The number of aryl methyl sites for hydroxylation is 1. The molecule has 0 fully saturated rings. The van der Waals surface area contributed by atoms with E-state index in [9.17, 15) is 14.4 Å². The van der Waals surface area contributed by atoms with Gasteiger partial charge in [0.25, 0.3) is 11.8 Å². The summed E-state index contributed by atoms with van der Waals surface area (Å²) in [5.41, 5.74) is 3.89. The standard InChI is InChI=1S/C22H25N3O3/c1-15-5-10-18-19(13-15)22(28)25(21(18)27)12-11-20(26)24(4)14-16-6-8-17(9-7-16)23(2)3/h5-10,13H,11-12,14H2,1-4H3. The fourth-order valence-electron chi connectivity index (χ4n) is 3.27. The third kappa shape index (κ3) is 3.91. The maximum absolute atomic E-state index is 12.5. The number of rotatable bonds is 6. The van der Waals surface area contributed by atoms with E-state index in [4.69, 9.17) is 0 Å². The number of hydrogen-bond donors (Lipinski definition) is 0. The number of fused-ring (bicyclic) bond motifs is 1. The Labute approximate surface area is 165 Å². The normalized spacial score (nSPS) is 12.9. The predicted octanol–water partition coefficient (Wildman–Crippen LogP) is 2.71. The van der Waals surface area contributed by atoms with E-state index in [1.165, 1.54) is 4.90 Å². The van der Waals surface area contributed by atoms with E-state index >= 15 is 0 Å². The largest absolute Gasteiger partial charge is 0.378 e. The van der Waals surface area contributed by atoms with Crippen molar-refractivity contribution in [2.24, 2.45) is 0 Å². The molecular formula is C22H25N3O3. The van der Waals surface area contributed by atoms with E-state index < -0.39 is 0 Å². The van der Waals surface area contributed by atoms with E-state index in [2.05, 4.69) is 0 Å². The average molecular weight is 379 g/mol. The smallest absolute Gasteiger partial charge is 0.261 e. The van der Waals surface area contributed by atoms with Gasteiger partial charge in [0, 0.05) is 46.3 Å². The van der Waals surface area contributed by atoms with Crippen molar-refractivity contribution >= 4 is 23.4 Å². The molecule has 1 aliphatic rings. The number of carbonyl (C=O) groups excluding carboxylic acids is 3. The lowest BCUT2D eigenvalue weighted by atomic mass is 10.1. The third-order valence-corrected chi connectivity index (χ3v) is 4.97. The van der Waals surface area contributed by atoms with Gasteiger partial charge in [-0.2, -0.15) is 0 Å². The van der Waals surface area contributed by atoms with Crippen molar-refractivity contribution in [3.63, 3.8) is 0 Å². The Kier molecular flexibility index (Phi) is 5.49. The highest BCUT2D eigenvalue weighted by atomic mass is 16.2. The molecule has 0 aromatic heterocycles. The minimum atomic E-state index is -0.324. The average Bonchev–Trinajstić information content (AvgIpc) is 2.90. The molecule has 2 aromatic rings. The van der Waals surface area contributed by atoms with Crippen LogP contribution in [0.3, 0.4) is 0 Å². The van der Waals surface area contributed by atoms with Crippen molar-refractivity contribution in [2.75, 3.05) is 32.6 Å². The summed E-state index contributed by atoms with van der Waals surface area (Å²) in [5, 5.41) is 0. The number of carbonyl (C=O) groups is 3. The van der Waals surface area contributed by atoms with Crippen molar-refractivity contribution in [3.8, 4) is 0 Å². The number of imide groups is 1. The van der Waals surface area contributed by atoms with E-state index in [0.717, 1.165) is 16.8 Å². The van der Waals surface area contributed by atoms with Crippen molar-refractivity contribution < 1.29 is 14.4 Å². The zero-order valence-corrected chi connectivity index (χ0v) is 16.7. The zero-order chi connectivity index (χ0) is 20.4. The lowest BCUT2D eigenvalue weighted by Crippen LogP contribution is -2.35. The van der Waals surface area contributed by atoms with Crippen molar-refractivity contribution in [1.82, 2.24) is 9.80 Å². The van der Waals surface area contributed by atoms with Crippen LogP contribution in [-0.2, 0) is 11.3 Å². The lowest BCUT2D eigenvalue weighted by molar-refractivity contribution is -0.130. The molecule has 0 N–H and O–H groups in total. The van der Waals surface area contributed by atoms with Gasteiger partial charge in [0.2, 0.25) is 5.91 Å². The SMILES string of the molecule is Cc1ccc2c(c1)C(=O)N(CCC(=O)N(C)Cc1ccc(N(C)C)cc1)C2=O. The van der Waals surface area contributed by atoms with Gasteiger partial charge in [-0.3, -0.25) is 19.3 Å². The Morgan fingerprint density at radius 3 is 2.21 bits per heavy atom. The van der Waals surface area contributed by atoms with Crippen molar-refractivity contribution in [1.29, 1.82) is 0 Å². The monoisotopic (exact) mass is 379 g/mol. The van der Waals surface area contributed by atoms with E-state index in [1.54, 1.807) is 24.1 Å². The van der Waals surface area contributed by atoms with Crippen LogP contribution in [0.4, 0.5) is 5.69 Å². The molecule has 2 aromatic carbocycles. The molecule has 0 saturated carbocycles. The molecule has 1 heterocycles. The molecule has 6 nitrogen and oxygen atoms in total. The molecule has 0 saturated heterocycles. The number of nitrogens with zero attached hydrogens (tertiary/aromatic N) is 3. The van der Waals surface area contributed by atoms with Crippen LogP contribution < -0.4 is 4.90 Å². The molecule has 28 heavy (non-hydrogen) atoms. The van der Waals surface area contributed by atoms with Gasteiger partial charge in [-0.1, -0.05) is 23.8 Å². The Morgan fingerprint density at radius 2 is 1.57 bits per heavy atom. The third-order valence-electron chi connectivity index (χ3n) is 4.97. The maximum Gasteiger partial charge on any atom is 0.261 e. The van der Waals surface area contributed by atoms with Crippen LogP contribution in [0.25, 0.3) is 0 Å². The Bertz CT molecular complexity index is 919. The Morgan fingerprint density at radius 1 is 0.929 bits per heavy atom.